The van der Waals surface area contributed by atoms with Crippen LogP contribution in [-0.4, -0.2) is 190 Å². The van der Waals surface area contributed by atoms with E-state index in [-0.39, 0.29) is 70.5 Å². The predicted molar refractivity (Wildman–Crippen MR) is 398 cm³/mol. The fraction of sp³-hybridized carbons (Fsp3) is 0.649. The minimum atomic E-state index is -3.93. The van der Waals surface area contributed by atoms with E-state index in [1.807, 2.05) is 0 Å². The number of nitrogens with one attached hydrogen (secondary N) is 6. The molecule has 0 bridgehead atoms. The van der Waals surface area contributed by atoms with Gasteiger partial charge in [-0.2, -0.15) is 0 Å². The van der Waals surface area contributed by atoms with Gasteiger partial charge in [-0.3, -0.25) is 48.0 Å². The average molecular weight is 1620 g/mol. The van der Waals surface area contributed by atoms with Crippen LogP contribution < -0.4 is 30.7 Å². The lowest BCUT2D eigenvalue weighted by atomic mass is 10.0. The third-order valence-electron chi connectivity index (χ3n) is 23.3. The van der Waals surface area contributed by atoms with E-state index in [4.69, 9.17) is 35.3 Å². The van der Waals surface area contributed by atoms with E-state index in [0.717, 1.165) is 51.4 Å². The molecule has 6 aliphatic carbocycles. The molecule has 0 aromatic heterocycles. The summed E-state index contributed by atoms with van der Waals surface area (Å²) in [7, 11) is -7.85. The lowest BCUT2D eigenvalue weighted by Crippen LogP contribution is -2.59. The van der Waals surface area contributed by atoms with E-state index in [1.165, 1.54) is 43.9 Å². The third kappa shape index (κ3) is 19.2. The second kappa shape index (κ2) is 34.2. The maximum absolute atomic E-state index is 14.5. The van der Waals surface area contributed by atoms with Crippen LogP contribution in [0.5, 0.6) is 0 Å². The Kier molecular flexibility index (Phi) is 25.3. The highest BCUT2D eigenvalue weighted by molar-refractivity contribution is 7.91. The predicted octanol–water partition coefficient (Wildman–Crippen LogP) is 8.73. The van der Waals surface area contributed by atoms with Crippen LogP contribution in [0, 0.1) is 23.5 Å². The van der Waals surface area contributed by atoms with E-state index in [9.17, 15) is 78.4 Å². The Morgan fingerprint density at radius 1 is 0.518 bits per heavy atom. The second-order valence-electron chi connectivity index (χ2n) is 32.6. The maximum Gasteiger partial charge on any atom is 0.410 e. The minimum absolute atomic E-state index is 0.00297. The molecule has 6 saturated carbocycles. The van der Waals surface area contributed by atoms with Crippen LogP contribution in [0.4, 0.5) is 32.8 Å². The van der Waals surface area contributed by atoms with Gasteiger partial charge in [-0.1, -0.05) is 74.9 Å². The summed E-state index contributed by atoms with van der Waals surface area (Å²) in [5.41, 5.74) is -2.60. The van der Waals surface area contributed by atoms with Crippen LogP contribution >= 0.6 is 11.6 Å². The molecule has 12 aliphatic rings. The highest BCUT2D eigenvalue weighted by atomic mass is 35.5. The van der Waals surface area contributed by atoms with Crippen molar-refractivity contribution < 1.29 is 102 Å². The van der Waals surface area contributed by atoms with Crippen molar-refractivity contribution in [2.45, 2.75) is 302 Å². The number of sulfonamides is 2. The van der Waals surface area contributed by atoms with Gasteiger partial charge in [0, 0.05) is 60.5 Å². The number of alkyl carbamates (subject to hydrolysis) is 2. The fourth-order valence-corrected chi connectivity index (χ4v) is 19.7. The Balaban J connectivity index is 0.000000187. The molecule has 2 aromatic rings. The van der Waals surface area contributed by atoms with Crippen molar-refractivity contribution in [1.29, 1.82) is 0 Å². The molecule has 0 spiro atoms. The van der Waals surface area contributed by atoms with Crippen molar-refractivity contribution in [2.75, 3.05) is 0 Å². The van der Waals surface area contributed by atoms with E-state index >= 15 is 0 Å². The second-order valence-corrected chi connectivity index (χ2v) is 36.8. The zero-order chi connectivity index (χ0) is 80.4. The molecule has 2 aromatic carbocycles. The van der Waals surface area contributed by atoms with E-state index in [1.54, 1.807) is 45.0 Å². The van der Waals surface area contributed by atoms with Gasteiger partial charge in [0.15, 0.2) is 0 Å². The van der Waals surface area contributed by atoms with Gasteiger partial charge >= 0.3 is 29.8 Å². The molecule has 12 atom stereocenters. The molecule has 6 aliphatic heterocycles. The summed E-state index contributed by atoms with van der Waals surface area (Å²) in [5.74, 6) is -6.31. The van der Waals surface area contributed by atoms with Crippen LogP contribution in [0.2, 0.25) is 0 Å². The van der Waals surface area contributed by atoms with Gasteiger partial charge in [-0.25, -0.2) is 49.6 Å². The van der Waals surface area contributed by atoms with Crippen molar-refractivity contribution in [2.24, 2.45) is 11.8 Å². The summed E-state index contributed by atoms with van der Waals surface area (Å²) in [4.78, 5) is 153. The topological polar surface area (TPSA) is 387 Å². The molecule has 0 radical (unpaired) electrons. The van der Waals surface area contributed by atoms with Gasteiger partial charge in [-0.05, 0) is 160 Å². The fourth-order valence-electron chi connectivity index (χ4n) is 16.8. The number of carbonyl (C=O) groups is 11. The number of hydrogen-bond donors (Lipinski definition) is 6. The van der Waals surface area contributed by atoms with Crippen LogP contribution in [0.1, 0.15) is 210 Å². The molecule has 14 rings (SSSR count). The molecule has 6 N–H and O–H groups in total. The average Bonchev–Trinajstić information content (AvgIpc) is 1.57. The first-order valence-corrected chi connectivity index (χ1v) is 42.6. The molecular formula is C77H101ClF2N10O20S2. The van der Waals surface area contributed by atoms with E-state index in [0.29, 0.717) is 106 Å². The van der Waals surface area contributed by atoms with Gasteiger partial charge in [0.1, 0.15) is 76.9 Å². The van der Waals surface area contributed by atoms with Crippen LogP contribution in [0.25, 0.3) is 0 Å². The van der Waals surface area contributed by atoms with E-state index in [2.05, 4.69) is 43.9 Å². The Bertz CT molecular complexity index is 4250. The van der Waals surface area contributed by atoms with Crippen molar-refractivity contribution >= 4 is 96.9 Å². The SMILES string of the molecule is C=C[C@@H]1C[C@]1(NC(=O)[C@@H]1C[C@@H](OC(=O)N2Cc3cccc(F)c3C2)[C@@H]2CCCCC[C@H](NC(=O)OC(C)(C)C)C(=O)N12)C(=O)NS(=O)(=O)C1CC1.C=C[C@@H]1C[C@]1(NC(=O)[C@@H]1C[C@@H](OC(=O)N2Cc3cccc(F)c3C2)[C@@H]2CCCCC[C@H](NC(=O)OC3CCCC3)C(=O)N12)C(=O)NS(=O)(=O)C1CC1.O=C(Cl)OC1CCCC1. The number of hydrogen-bond acceptors (Lipinski definition) is 20. The van der Waals surface area contributed by atoms with Gasteiger partial charge in [0.05, 0.1) is 35.7 Å². The van der Waals surface area contributed by atoms with Crippen LogP contribution in [0.3, 0.4) is 0 Å². The Hall–Kier alpha value is -8.66. The molecule has 6 heterocycles. The van der Waals surface area contributed by atoms with Crippen molar-refractivity contribution in [1.82, 2.24) is 50.3 Å². The van der Waals surface area contributed by atoms with Gasteiger partial charge in [0.2, 0.25) is 43.7 Å². The highest BCUT2D eigenvalue weighted by Crippen LogP contribution is 2.48. The zero-order valence-corrected chi connectivity index (χ0v) is 65.6. The summed E-state index contributed by atoms with van der Waals surface area (Å²) in [6.45, 7) is 12.8. The number of amides is 10. The van der Waals surface area contributed by atoms with Crippen LogP contribution in [-0.2, 0) is 98.7 Å². The first-order valence-electron chi connectivity index (χ1n) is 39.1. The number of rotatable bonds is 18. The minimum Gasteiger partial charge on any atom is -0.450 e. The third-order valence-corrected chi connectivity index (χ3v) is 27.1. The zero-order valence-electron chi connectivity index (χ0n) is 63.2. The van der Waals surface area contributed by atoms with Gasteiger partial charge in [-0.15, -0.1) is 13.2 Å². The lowest BCUT2D eigenvalue weighted by Gasteiger charge is -2.34. The van der Waals surface area contributed by atoms with Crippen molar-refractivity contribution in [3.05, 3.63) is 95.6 Å². The maximum atomic E-state index is 14.5. The molecule has 112 heavy (non-hydrogen) atoms. The summed E-state index contributed by atoms with van der Waals surface area (Å²) in [6, 6.07) is 3.16. The molecule has 612 valence electrons. The number of nitrogens with zero attached hydrogens (tertiary/aromatic N) is 4. The Morgan fingerprint density at radius 3 is 1.27 bits per heavy atom. The molecule has 30 nitrogen and oxygen atoms in total. The summed E-state index contributed by atoms with van der Waals surface area (Å²) in [6.07, 6.45) is 12.5. The molecule has 0 unspecified atom stereocenters. The molecule has 4 saturated heterocycles. The highest BCUT2D eigenvalue weighted by Gasteiger charge is 2.65. The lowest BCUT2D eigenvalue weighted by molar-refractivity contribution is -0.143. The molecule has 10 fully saturated rings. The number of benzene rings is 2. The largest absolute Gasteiger partial charge is 0.450 e. The van der Waals surface area contributed by atoms with E-state index < -0.39 is 184 Å². The standard InChI is InChI=1S/C36H46FN5O9S.C35H46FN5O9S.C6H9ClO2/c1-2-22-18-36(22,33(45)40-52(48,49)24-15-16-24)39-31(43)29-17-30(51-35(47)41-19-21-9-8-12-26(37)25(21)20-41)28-14-5-3-4-13-27(32(44)42(28)29)38-34(46)50-23-10-6-7-11-23;1-5-21-17-35(21,31(44)39-51(47,48)22-14-15-22)38-29(42)27-16-28(49-33(46)40-18-20-10-9-11-24(36)23(20)19-40)26-13-8-6-7-12-25(30(43)41(26)27)37-32(45)50-34(2,3)4;7-6(8)9-5-3-1-2-4-5/h2,8-9,12,22-24,27-30H,1,3-7,10-11,13-20H2,(H,38,46)(H,39,43)(H,40,45);5,9-11,21-22,25-28H,1,6-8,12-19H2,2-4H3,(H,37,45)(H,38,42)(H,39,44);5H,1-4H2/t22-,27+,28+,29+,30-,36-;21-,25+,26+,27+,28-,35-;/m11./s1. The number of halogens is 3. The molecule has 35 heteroatoms. The Labute approximate surface area is 655 Å². The normalized spacial score (nSPS) is 28.9. The first-order chi connectivity index (χ1) is 53.2. The number of fused-ring (bicyclic) bond motifs is 4. The Morgan fingerprint density at radius 2 is 0.902 bits per heavy atom. The summed E-state index contributed by atoms with van der Waals surface area (Å²) < 4.78 is 112. The monoisotopic (exact) mass is 1620 g/mol. The smallest absolute Gasteiger partial charge is 0.410 e. The van der Waals surface area contributed by atoms with Crippen molar-refractivity contribution in [3.8, 4) is 0 Å². The number of carbonyl (C=O) groups excluding carboxylic acids is 11. The molecular weight excluding hydrogens is 1520 g/mol. The van der Waals surface area contributed by atoms with Gasteiger partial charge in [0.25, 0.3) is 11.8 Å². The quantitative estimate of drug-likeness (QED) is 0.0461. The van der Waals surface area contributed by atoms with Crippen LogP contribution in [0.15, 0.2) is 61.7 Å². The summed E-state index contributed by atoms with van der Waals surface area (Å²) >= 11 is 5.00. The van der Waals surface area contributed by atoms with Crippen molar-refractivity contribution in [3.63, 3.8) is 0 Å². The summed E-state index contributed by atoms with van der Waals surface area (Å²) in [5, 5.41) is 9.58. The first kappa shape index (κ1) is 82.8. The molecule has 10 amide bonds. The number of ether oxygens (including phenoxy) is 5. The van der Waals surface area contributed by atoms with Gasteiger partial charge < -0.3 is 54.8 Å².